The minimum atomic E-state index is -0.176. The molecule has 1 N–H and O–H groups in total. The van der Waals surface area contributed by atoms with E-state index < -0.39 is 0 Å². The van der Waals surface area contributed by atoms with Gasteiger partial charge in [0, 0.05) is 29.7 Å². The Hall–Kier alpha value is -3.53. The van der Waals surface area contributed by atoms with Crippen LogP contribution in [0.3, 0.4) is 0 Å². The Morgan fingerprint density at radius 2 is 2.08 bits per heavy atom. The van der Waals surface area contributed by atoms with E-state index in [-0.39, 0.29) is 5.92 Å². The zero-order valence-corrected chi connectivity index (χ0v) is 12.9. The van der Waals surface area contributed by atoms with Gasteiger partial charge < -0.3 is 4.98 Å². The highest BCUT2D eigenvalue weighted by molar-refractivity contribution is 5.88. The predicted molar refractivity (Wildman–Crippen MR) is 88.3 cm³/mol. The average Bonchev–Trinajstić information content (AvgIpc) is 3.30. The predicted octanol–water partition coefficient (Wildman–Crippen LogP) is 2.83. The van der Waals surface area contributed by atoms with Crippen molar-refractivity contribution in [2.45, 2.75) is 12.8 Å². The molecule has 0 radical (unpaired) electrons. The number of rotatable bonds is 3. The molecular formula is C17H13N7. The number of nitrogens with zero attached hydrogens (tertiary/aromatic N) is 6. The quantitative estimate of drug-likeness (QED) is 0.627. The fourth-order valence-electron chi connectivity index (χ4n) is 2.54. The fourth-order valence-corrected chi connectivity index (χ4v) is 2.54. The molecule has 0 bridgehead atoms. The molecule has 0 aromatic carbocycles. The molecule has 4 rings (SSSR count). The van der Waals surface area contributed by atoms with E-state index in [9.17, 15) is 0 Å². The number of hydrogen-bond acceptors (Lipinski definition) is 5. The Balaban J connectivity index is 1.70. The second-order valence-electron chi connectivity index (χ2n) is 5.43. The van der Waals surface area contributed by atoms with Crippen LogP contribution in [0, 0.1) is 11.3 Å². The van der Waals surface area contributed by atoms with Crippen molar-refractivity contribution in [1.29, 1.82) is 5.26 Å². The van der Waals surface area contributed by atoms with Gasteiger partial charge in [-0.05, 0) is 24.6 Å². The van der Waals surface area contributed by atoms with Crippen LogP contribution in [-0.2, 0) is 0 Å². The summed E-state index contributed by atoms with van der Waals surface area (Å²) in [5.74, 6) is 0.523. The van der Waals surface area contributed by atoms with E-state index in [1.165, 1.54) is 0 Å². The first kappa shape index (κ1) is 14.1. The van der Waals surface area contributed by atoms with E-state index in [0.29, 0.717) is 11.5 Å². The first-order valence-electron chi connectivity index (χ1n) is 7.45. The highest BCUT2D eigenvalue weighted by Crippen LogP contribution is 2.25. The Labute approximate surface area is 137 Å². The van der Waals surface area contributed by atoms with Gasteiger partial charge in [0.05, 0.1) is 30.0 Å². The van der Waals surface area contributed by atoms with Gasteiger partial charge in [0.2, 0.25) is 0 Å². The summed E-state index contributed by atoms with van der Waals surface area (Å²) in [5.41, 5.74) is 4.37. The third-order valence-electron chi connectivity index (χ3n) is 3.92. The van der Waals surface area contributed by atoms with Gasteiger partial charge in [0.25, 0.3) is 0 Å². The van der Waals surface area contributed by atoms with E-state index in [2.05, 4.69) is 31.1 Å². The van der Waals surface area contributed by atoms with Gasteiger partial charge in [-0.15, -0.1) is 0 Å². The van der Waals surface area contributed by atoms with Gasteiger partial charge in [0.1, 0.15) is 0 Å². The summed E-state index contributed by atoms with van der Waals surface area (Å²) < 4.78 is 1.71. The van der Waals surface area contributed by atoms with Crippen molar-refractivity contribution >= 4 is 11.2 Å². The highest BCUT2D eigenvalue weighted by atomic mass is 15.3. The lowest BCUT2D eigenvalue weighted by Crippen LogP contribution is -1.99. The summed E-state index contributed by atoms with van der Waals surface area (Å²) in [4.78, 5) is 15.9. The van der Waals surface area contributed by atoms with Crippen molar-refractivity contribution in [1.82, 2.24) is 29.7 Å². The lowest BCUT2D eigenvalue weighted by molar-refractivity contribution is 0.839. The van der Waals surface area contributed by atoms with Gasteiger partial charge in [-0.3, -0.25) is 0 Å². The molecule has 0 aliphatic carbocycles. The maximum atomic E-state index is 8.96. The molecule has 4 aromatic heterocycles. The normalized spacial score (nSPS) is 12.2. The highest BCUT2D eigenvalue weighted by Gasteiger charge is 2.10. The van der Waals surface area contributed by atoms with Crippen LogP contribution in [0.15, 0.2) is 49.3 Å². The molecule has 0 fully saturated rings. The monoisotopic (exact) mass is 315 g/mol. The maximum Gasteiger partial charge on any atom is 0.178 e. The molecule has 4 heterocycles. The van der Waals surface area contributed by atoms with Crippen LogP contribution in [0.2, 0.25) is 0 Å². The molecule has 116 valence electrons. The summed E-state index contributed by atoms with van der Waals surface area (Å²) in [5, 5.41) is 13.3. The lowest BCUT2D eigenvalue weighted by Gasteiger charge is -2.04. The second-order valence-corrected chi connectivity index (χ2v) is 5.43. The van der Waals surface area contributed by atoms with Crippen LogP contribution in [0.5, 0.6) is 0 Å². The fraction of sp³-hybridized carbons (Fsp3) is 0.118. The molecule has 0 saturated heterocycles. The van der Waals surface area contributed by atoms with E-state index in [1.54, 1.807) is 29.6 Å². The molecule has 1 unspecified atom stereocenters. The van der Waals surface area contributed by atoms with E-state index in [1.807, 2.05) is 31.3 Å². The van der Waals surface area contributed by atoms with Crippen molar-refractivity contribution in [3.63, 3.8) is 0 Å². The number of aromatic nitrogens is 6. The number of H-pyrrole nitrogens is 1. The largest absolute Gasteiger partial charge is 0.343 e. The molecule has 7 nitrogen and oxygen atoms in total. The van der Waals surface area contributed by atoms with Gasteiger partial charge >= 0.3 is 0 Å². The van der Waals surface area contributed by atoms with Crippen LogP contribution >= 0.6 is 0 Å². The number of nitrogens with one attached hydrogen (secondary N) is 1. The molecule has 0 saturated carbocycles. The summed E-state index contributed by atoms with van der Waals surface area (Å²) in [6, 6.07) is 7.89. The number of imidazole rings is 1. The van der Waals surface area contributed by atoms with Gasteiger partial charge in [-0.25, -0.2) is 19.6 Å². The number of aromatic amines is 1. The number of hydrogen-bond donors (Lipinski definition) is 1. The number of fused-ring (bicyclic) bond motifs is 1. The summed E-state index contributed by atoms with van der Waals surface area (Å²) in [6.45, 7) is 1.85. The van der Waals surface area contributed by atoms with E-state index >= 15 is 0 Å². The van der Waals surface area contributed by atoms with Gasteiger partial charge in [-0.2, -0.15) is 10.4 Å². The Kier molecular flexibility index (Phi) is 3.28. The lowest BCUT2D eigenvalue weighted by atomic mass is 10.1. The van der Waals surface area contributed by atoms with Gasteiger partial charge in [0.15, 0.2) is 11.5 Å². The standard InChI is InChI=1S/C17H13N7/c1-11(6-18)12-2-3-15(20-7-12)24-9-13(8-23-24)14-4-5-19-17-16(14)21-10-22-17/h2-5,7-11H,1H3,(H,19,21,22). The molecule has 0 aliphatic rings. The van der Waals surface area contributed by atoms with Crippen LogP contribution in [0.25, 0.3) is 28.1 Å². The van der Waals surface area contributed by atoms with Crippen molar-refractivity contribution in [3.8, 4) is 23.0 Å². The molecule has 1 atom stereocenters. The molecule has 0 amide bonds. The third-order valence-corrected chi connectivity index (χ3v) is 3.92. The van der Waals surface area contributed by atoms with Crippen LogP contribution in [-0.4, -0.2) is 29.7 Å². The number of nitriles is 1. The summed E-state index contributed by atoms with van der Waals surface area (Å²) in [6.07, 6.45) is 8.76. The molecule has 0 aliphatic heterocycles. The van der Waals surface area contributed by atoms with Crippen LogP contribution in [0.1, 0.15) is 18.4 Å². The second kappa shape index (κ2) is 5.59. The Morgan fingerprint density at radius 1 is 1.17 bits per heavy atom. The third kappa shape index (κ3) is 2.30. The average molecular weight is 315 g/mol. The van der Waals surface area contributed by atoms with Crippen molar-refractivity contribution in [2.24, 2.45) is 0 Å². The molecule has 4 aromatic rings. The molecule has 24 heavy (non-hydrogen) atoms. The van der Waals surface area contributed by atoms with Crippen LogP contribution in [0.4, 0.5) is 0 Å². The van der Waals surface area contributed by atoms with Crippen LogP contribution < -0.4 is 0 Å². The molecule has 0 spiro atoms. The topological polar surface area (TPSA) is 96.1 Å². The smallest absolute Gasteiger partial charge is 0.178 e. The maximum absolute atomic E-state index is 8.96. The zero-order valence-electron chi connectivity index (χ0n) is 12.9. The molecular weight excluding hydrogens is 302 g/mol. The van der Waals surface area contributed by atoms with E-state index in [4.69, 9.17) is 5.26 Å². The first-order chi connectivity index (χ1) is 11.8. The zero-order chi connectivity index (χ0) is 16.5. The summed E-state index contributed by atoms with van der Waals surface area (Å²) >= 11 is 0. The van der Waals surface area contributed by atoms with Crippen molar-refractivity contribution in [2.75, 3.05) is 0 Å². The minimum absolute atomic E-state index is 0.176. The Morgan fingerprint density at radius 3 is 2.88 bits per heavy atom. The SMILES string of the molecule is CC(C#N)c1ccc(-n2cc(-c3ccnc4nc[nH]c34)cn2)nc1. The first-order valence-corrected chi connectivity index (χ1v) is 7.45. The number of pyridine rings is 2. The molecule has 7 heteroatoms. The van der Waals surface area contributed by atoms with Crippen molar-refractivity contribution < 1.29 is 0 Å². The van der Waals surface area contributed by atoms with Gasteiger partial charge in [-0.1, -0.05) is 6.07 Å². The van der Waals surface area contributed by atoms with Crippen molar-refractivity contribution in [3.05, 3.63) is 54.9 Å². The minimum Gasteiger partial charge on any atom is -0.343 e. The summed E-state index contributed by atoms with van der Waals surface area (Å²) in [7, 11) is 0. The Bertz CT molecular complexity index is 1040. The van der Waals surface area contributed by atoms with E-state index in [0.717, 1.165) is 22.2 Å².